The van der Waals surface area contributed by atoms with Crippen LogP contribution in [0.5, 0.6) is 0 Å². The van der Waals surface area contributed by atoms with Crippen molar-refractivity contribution in [3.63, 3.8) is 0 Å². The van der Waals surface area contributed by atoms with E-state index in [2.05, 4.69) is 15.5 Å². The topological polar surface area (TPSA) is 80.9 Å². The van der Waals surface area contributed by atoms with Crippen molar-refractivity contribution in [3.8, 4) is 10.4 Å². The molecule has 3 aromatic rings. The third kappa shape index (κ3) is 3.51. The van der Waals surface area contributed by atoms with E-state index in [9.17, 15) is 4.79 Å². The highest BCUT2D eigenvalue weighted by Gasteiger charge is 2.20. The number of amides is 1. The number of fused-ring (bicyclic) bond motifs is 1. The fourth-order valence-corrected chi connectivity index (χ4v) is 5.37. The van der Waals surface area contributed by atoms with Crippen molar-refractivity contribution < 1.29 is 4.79 Å². The van der Waals surface area contributed by atoms with Crippen LogP contribution >= 0.6 is 34.7 Å². The number of benzene rings is 1. The first-order valence-electron chi connectivity index (χ1n) is 8.32. The number of nitrogens with two attached hydrogens (primary N) is 1. The molecule has 1 atom stereocenters. The first-order chi connectivity index (χ1) is 12.6. The van der Waals surface area contributed by atoms with E-state index in [0.29, 0.717) is 16.9 Å². The monoisotopic (exact) mass is 404 g/mol. The van der Waals surface area contributed by atoms with Crippen molar-refractivity contribution in [2.24, 2.45) is 5.73 Å². The number of carbonyl (C=O) groups is 1. The second-order valence-corrected chi connectivity index (χ2v) is 8.82. The molecule has 0 aliphatic carbocycles. The molecule has 0 bridgehead atoms. The number of nitrogens with one attached hydrogen (secondary N) is 1. The maximum atomic E-state index is 11.8. The van der Waals surface area contributed by atoms with Crippen molar-refractivity contribution in [3.05, 3.63) is 41.0 Å². The average Bonchev–Trinajstić information content (AvgIpc) is 3.09. The Balaban J connectivity index is 1.78. The summed E-state index contributed by atoms with van der Waals surface area (Å²) >= 11 is 9.43. The number of nitrogens with zero attached hydrogens (tertiary/aromatic N) is 2. The van der Waals surface area contributed by atoms with E-state index in [4.69, 9.17) is 17.3 Å². The number of hydrogen-bond acceptors (Lipinski definition) is 6. The van der Waals surface area contributed by atoms with E-state index in [0.717, 1.165) is 32.7 Å². The molecule has 2 aromatic heterocycles. The molecule has 1 aromatic carbocycles. The summed E-state index contributed by atoms with van der Waals surface area (Å²) in [5.41, 5.74) is 6.76. The van der Waals surface area contributed by atoms with Crippen LogP contribution in [0.3, 0.4) is 0 Å². The van der Waals surface area contributed by atoms with Gasteiger partial charge in [-0.2, -0.15) is 11.8 Å². The highest BCUT2D eigenvalue weighted by atomic mass is 35.5. The Morgan fingerprint density at radius 2 is 2.08 bits per heavy atom. The zero-order valence-electron chi connectivity index (χ0n) is 13.9. The molecule has 1 aliphatic heterocycles. The Hall–Kier alpha value is -1.83. The van der Waals surface area contributed by atoms with Crippen LogP contribution < -0.4 is 11.1 Å². The summed E-state index contributed by atoms with van der Waals surface area (Å²) in [6.45, 7) is 0. The second kappa shape index (κ2) is 7.42. The summed E-state index contributed by atoms with van der Waals surface area (Å²) in [5, 5.41) is 13.4. The van der Waals surface area contributed by atoms with Gasteiger partial charge in [-0.1, -0.05) is 23.7 Å². The third-order valence-electron chi connectivity index (χ3n) is 4.32. The third-order valence-corrected chi connectivity index (χ3v) is 6.97. The molecule has 0 saturated carbocycles. The maximum Gasteiger partial charge on any atom is 0.270 e. The molecule has 1 amide bonds. The average molecular weight is 405 g/mol. The number of thioether (sulfide) groups is 1. The van der Waals surface area contributed by atoms with Crippen molar-refractivity contribution in [2.45, 2.75) is 18.9 Å². The number of primary amides is 1. The fourth-order valence-electron chi connectivity index (χ4n) is 3.01. The van der Waals surface area contributed by atoms with Crippen molar-refractivity contribution in [1.29, 1.82) is 0 Å². The van der Waals surface area contributed by atoms with E-state index in [1.54, 1.807) is 0 Å². The van der Waals surface area contributed by atoms with Gasteiger partial charge in [-0.05, 0) is 42.4 Å². The molecule has 3 heterocycles. The smallest absolute Gasteiger partial charge is 0.270 e. The second-order valence-electron chi connectivity index (χ2n) is 6.18. The van der Waals surface area contributed by atoms with E-state index < -0.39 is 5.91 Å². The Labute approximate surface area is 164 Å². The van der Waals surface area contributed by atoms with Gasteiger partial charge in [-0.3, -0.25) is 4.79 Å². The minimum Gasteiger partial charge on any atom is -0.364 e. The van der Waals surface area contributed by atoms with Gasteiger partial charge in [-0.25, -0.2) is 0 Å². The van der Waals surface area contributed by atoms with Crippen LogP contribution in [0.4, 0.5) is 5.82 Å². The molecule has 1 saturated heterocycles. The number of thiophene rings is 1. The zero-order chi connectivity index (χ0) is 18.1. The molecule has 1 unspecified atom stereocenters. The Morgan fingerprint density at radius 3 is 2.77 bits per heavy atom. The molecule has 3 N–H and O–H groups in total. The van der Waals surface area contributed by atoms with Crippen molar-refractivity contribution in [2.75, 3.05) is 16.8 Å². The Kier molecular flexibility index (Phi) is 5.02. The van der Waals surface area contributed by atoms with Crippen molar-refractivity contribution >= 4 is 56.5 Å². The number of hydrogen-bond donors (Lipinski definition) is 2. The molecule has 134 valence electrons. The van der Waals surface area contributed by atoms with Crippen LogP contribution in [0.25, 0.3) is 20.5 Å². The SMILES string of the molecule is NC(=O)c1nnc(NC2CCCSC2)c2cc(-c3ccc(Cl)cc3)sc12. The molecular weight excluding hydrogens is 388 g/mol. The summed E-state index contributed by atoms with van der Waals surface area (Å²) in [6.07, 6.45) is 2.31. The lowest BCUT2D eigenvalue weighted by Gasteiger charge is -2.23. The van der Waals surface area contributed by atoms with E-state index in [-0.39, 0.29) is 5.69 Å². The van der Waals surface area contributed by atoms with Crippen LogP contribution in [0.2, 0.25) is 5.02 Å². The van der Waals surface area contributed by atoms with Gasteiger partial charge in [0.05, 0.1) is 4.70 Å². The minimum atomic E-state index is -0.563. The quantitative estimate of drug-likeness (QED) is 0.672. The van der Waals surface area contributed by atoms with Gasteiger partial charge >= 0.3 is 0 Å². The summed E-state index contributed by atoms with van der Waals surface area (Å²) in [7, 11) is 0. The van der Waals surface area contributed by atoms with Gasteiger partial charge in [0.1, 0.15) is 0 Å². The van der Waals surface area contributed by atoms with Crippen molar-refractivity contribution in [1.82, 2.24) is 10.2 Å². The van der Waals surface area contributed by atoms with Gasteiger partial charge in [0, 0.05) is 27.1 Å². The lowest BCUT2D eigenvalue weighted by atomic mass is 10.1. The van der Waals surface area contributed by atoms with Gasteiger partial charge in [0.15, 0.2) is 11.5 Å². The first-order valence-corrected chi connectivity index (χ1v) is 10.7. The first kappa shape index (κ1) is 17.6. The predicted octanol–water partition coefficient (Wildman–Crippen LogP) is 4.42. The largest absolute Gasteiger partial charge is 0.364 e. The van der Waals surface area contributed by atoms with Gasteiger partial charge in [0.2, 0.25) is 0 Å². The lowest BCUT2D eigenvalue weighted by molar-refractivity contribution is 0.0996. The highest BCUT2D eigenvalue weighted by molar-refractivity contribution is 7.99. The number of aromatic nitrogens is 2. The van der Waals surface area contributed by atoms with Gasteiger partial charge in [-0.15, -0.1) is 21.5 Å². The minimum absolute atomic E-state index is 0.216. The van der Waals surface area contributed by atoms with Crippen LogP contribution in [-0.4, -0.2) is 33.7 Å². The number of anilines is 1. The Morgan fingerprint density at radius 1 is 1.27 bits per heavy atom. The van der Waals surface area contributed by atoms with Gasteiger partial charge in [0.25, 0.3) is 5.91 Å². The number of carbonyl (C=O) groups excluding carboxylic acids is 1. The molecule has 8 heteroatoms. The van der Waals surface area contributed by atoms with Gasteiger partial charge < -0.3 is 11.1 Å². The molecule has 0 spiro atoms. The molecule has 1 fully saturated rings. The summed E-state index contributed by atoms with van der Waals surface area (Å²) in [4.78, 5) is 12.8. The van der Waals surface area contributed by atoms with E-state index >= 15 is 0 Å². The molecule has 26 heavy (non-hydrogen) atoms. The standard InChI is InChI=1S/C18H17ClN4OS2/c19-11-5-3-10(4-6-11)14-8-13-16(26-14)15(17(20)24)22-23-18(13)21-12-2-1-7-25-9-12/h3-6,8,12H,1-2,7,9H2,(H2,20,24)(H,21,23). The molecular formula is C18H17ClN4OS2. The zero-order valence-corrected chi connectivity index (χ0v) is 16.3. The van der Waals surface area contributed by atoms with Crippen LogP contribution in [0.15, 0.2) is 30.3 Å². The summed E-state index contributed by atoms with van der Waals surface area (Å²) in [6, 6.07) is 10.0. The molecule has 1 aliphatic rings. The Bertz CT molecular complexity index is 952. The summed E-state index contributed by atoms with van der Waals surface area (Å²) < 4.78 is 0.767. The number of halogens is 1. The molecule has 5 nitrogen and oxygen atoms in total. The van der Waals surface area contributed by atoms with E-state index in [1.165, 1.54) is 23.5 Å². The normalized spacial score (nSPS) is 17.3. The predicted molar refractivity (Wildman–Crippen MR) is 110 cm³/mol. The lowest BCUT2D eigenvalue weighted by Crippen LogP contribution is -2.26. The van der Waals surface area contributed by atoms with Crippen LogP contribution in [0, 0.1) is 0 Å². The van der Waals surface area contributed by atoms with Crippen LogP contribution in [0.1, 0.15) is 23.3 Å². The highest BCUT2D eigenvalue weighted by Crippen LogP contribution is 2.38. The van der Waals surface area contributed by atoms with Crippen LogP contribution in [-0.2, 0) is 0 Å². The maximum absolute atomic E-state index is 11.8. The summed E-state index contributed by atoms with van der Waals surface area (Å²) in [5.74, 6) is 2.41. The van der Waals surface area contributed by atoms with E-state index in [1.807, 2.05) is 42.1 Å². The fraction of sp³-hybridized carbons (Fsp3) is 0.278. The molecule has 4 rings (SSSR count). The number of rotatable bonds is 4. The molecule has 0 radical (unpaired) electrons.